The molecule has 3 saturated heterocycles. The first-order valence-corrected chi connectivity index (χ1v) is 23.0. The second-order valence-electron chi connectivity index (χ2n) is 18.2. The van der Waals surface area contributed by atoms with Crippen molar-refractivity contribution < 1.29 is 33.0 Å². The van der Waals surface area contributed by atoms with Gasteiger partial charge in [0.15, 0.2) is 0 Å². The highest BCUT2D eigenvalue weighted by molar-refractivity contribution is 5.87. The molecule has 4 amide bonds. The number of ether oxygens (including phenoxy) is 2. The normalized spacial score (nSPS) is 20.5. The predicted molar refractivity (Wildman–Crippen MR) is 247 cm³/mol. The number of hydrogen-bond acceptors (Lipinski definition) is 9. The Bertz CT molecular complexity index is 2340. The molecule has 0 saturated carbocycles. The van der Waals surface area contributed by atoms with Crippen LogP contribution in [-0.4, -0.2) is 93.1 Å². The largest absolute Gasteiger partial charge is 0.453 e. The third-order valence-electron chi connectivity index (χ3n) is 13.4. The summed E-state index contributed by atoms with van der Waals surface area (Å²) in [5.41, 5.74) is 6.82. The summed E-state index contributed by atoms with van der Waals surface area (Å²) in [6.07, 6.45) is 7.30. The highest BCUT2D eigenvalue weighted by Crippen LogP contribution is 2.47. The summed E-state index contributed by atoms with van der Waals surface area (Å²) >= 11 is 0. The number of H-pyrrole nitrogens is 2. The zero-order valence-corrected chi connectivity index (χ0v) is 38.4. The molecule has 6 atom stereocenters. The van der Waals surface area contributed by atoms with E-state index >= 15 is 0 Å². The summed E-state index contributed by atoms with van der Waals surface area (Å²) in [4.78, 5) is 73.9. The first kappa shape index (κ1) is 45.8. The molecule has 3 fully saturated rings. The minimum Gasteiger partial charge on any atom is -0.453 e. The van der Waals surface area contributed by atoms with Gasteiger partial charge >= 0.3 is 12.2 Å². The monoisotopic (exact) mass is 901 g/mol. The summed E-state index contributed by atoms with van der Waals surface area (Å²) < 4.78 is 23.9. The van der Waals surface area contributed by atoms with Crippen LogP contribution in [0.5, 0.6) is 0 Å². The number of aromatic nitrogens is 4. The van der Waals surface area contributed by atoms with Crippen molar-refractivity contribution in [2.45, 2.75) is 102 Å². The van der Waals surface area contributed by atoms with Gasteiger partial charge in [0, 0.05) is 18.8 Å². The maximum Gasteiger partial charge on any atom is 0.407 e. The molecule has 4 N–H and O–H groups in total. The summed E-state index contributed by atoms with van der Waals surface area (Å²) in [5.74, 6) is 0.569. The Kier molecular flexibility index (Phi) is 13.8. The topological polar surface area (TPSA) is 178 Å². The van der Waals surface area contributed by atoms with Crippen molar-refractivity contribution in [3.63, 3.8) is 0 Å². The fraction of sp³-hybridized carbons (Fsp3) is 0.440. The predicted octanol–water partition coefficient (Wildman–Crippen LogP) is 8.78. The molecule has 15 nitrogen and oxygen atoms in total. The van der Waals surface area contributed by atoms with Gasteiger partial charge in [-0.05, 0) is 96.9 Å². The molecule has 66 heavy (non-hydrogen) atoms. The molecule has 0 spiro atoms. The molecule has 3 aromatic carbocycles. The number of rotatable bonds is 13. The number of alkyl carbamates (subject to hydrolysis) is 2. The maximum atomic E-state index is 14.3. The highest BCUT2D eigenvalue weighted by atomic mass is 19.1. The van der Waals surface area contributed by atoms with E-state index in [0.29, 0.717) is 24.7 Å². The molecule has 348 valence electrons. The SMILES string of the molecule is COC(=O)N[C@H](C(=O)N1CCC[C@H]1c1ncc(-c2ccc([C@@H]3CC[C@@H](c4ccc(-c5cnc([C@@H]6CCCN6C(=O)[C@@H](NC(=O)OC)C(C)C)[nH]5)cc4)N3c3ccc(F)cc3)cc2)[nH]1)C(C)C. The van der Waals surface area contributed by atoms with Gasteiger partial charge in [0.25, 0.3) is 0 Å². The number of nitrogens with zero attached hydrogens (tertiary/aromatic N) is 5. The number of aromatic amines is 2. The fourth-order valence-corrected chi connectivity index (χ4v) is 9.90. The van der Waals surface area contributed by atoms with Crippen LogP contribution in [0.15, 0.2) is 85.2 Å². The molecular formula is C50H60FN9O6. The second-order valence-corrected chi connectivity index (χ2v) is 18.2. The average Bonchev–Trinajstić information content (AvgIpc) is 4.19. The number of nitrogens with one attached hydrogen (secondary N) is 4. The lowest BCUT2D eigenvalue weighted by Gasteiger charge is -2.33. The minimum atomic E-state index is -0.710. The Balaban J connectivity index is 0.975. The van der Waals surface area contributed by atoms with Crippen LogP contribution in [0, 0.1) is 17.7 Å². The van der Waals surface area contributed by atoms with Crippen LogP contribution in [0.1, 0.15) is 113 Å². The molecule has 0 unspecified atom stereocenters. The van der Waals surface area contributed by atoms with Crippen molar-refractivity contribution in [3.8, 4) is 22.5 Å². The first-order valence-electron chi connectivity index (χ1n) is 23.0. The number of methoxy groups -OCH3 is 2. The molecule has 3 aliphatic heterocycles. The number of anilines is 1. The fourth-order valence-electron chi connectivity index (χ4n) is 9.90. The molecule has 16 heteroatoms. The summed E-state index contributed by atoms with van der Waals surface area (Å²) in [7, 11) is 2.57. The van der Waals surface area contributed by atoms with Gasteiger partial charge < -0.3 is 44.8 Å². The standard InChI is InChI=1S/C50H60FN9O6/c1-29(2)43(56-49(63)65-5)47(61)58-25-7-9-41(58)45-52-27-37(54-45)31-11-15-33(16-12-31)39-23-24-40(60(39)36-21-19-35(51)20-22-36)34-17-13-32(14-18-34)38-28-53-46(55-38)42-10-8-26-59(42)48(62)44(30(3)4)57-50(64)66-6/h11-22,27-30,39-44H,7-10,23-26H2,1-6H3,(H,52,54)(H,53,55)(H,56,63)(H,57,64)/t39-,40-,41-,42-,43-,44-/m0/s1. The van der Waals surface area contributed by atoms with E-state index < -0.39 is 24.3 Å². The van der Waals surface area contributed by atoms with Crippen LogP contribution in [0.25, 0.3) is 22.5 Å². The summed E-state index contributed by atoms with van der Waals surface area (Å²) in [6, 6.07) is 21.8. The Morgan fingerprint density at radius 2 is 1.02 bits per heavy atom. The van der Waals surface area contributed by atoms with E-state index in [9.17, 15) is 23.6 Å². The van der Waals surface area contributed by atoms with E-state index in [2.05, 4.69) is 74.0 Å². The van der Waals surface area contributed by atoms with Crippen molar-refractivity contribution in [1.82, 2.24) is 40.4 Å². The molecule has 5 heterocycles. The third kappa shape index (κ3) is 9.49. The number of carbonyl (C=O) groups excluding carboxylic acids is 4. The molecular weight excluding hydrogens is 842 g/mol. The molecule has 8 rings (SSSR count). The van der Waals surface area contributed by atoms with Gasteiger partial charge in [0.1, 0.15) is 29.5 Å². The van der Waals surface area contributed by atoms with Gasteiger partial charge in [-0.25, -0.2) is 23.9 Å². The van der Waals surface area contributed by atoms with Crippen LogP contribution >= 0.6 is 0 Å². The number of benzene rings is 3. The molecule has 0 bridgehead atoms. The zero-order valence-electron chi connectivity index (χ0n) is 38.4. The molecule has 0 aliphatic carbocycles. The van der Waals surface area contributed by atoms with E-state index in [4.69, 9.17) is 19.4 Å². The Labute approximate surface area is 384 Å². The lowest BCUT2D eigenvalue weighted by atomic mass is 10.0. The van der Waals surface area contributed by atoms with Crippen LogP contribution in [-0.2, 0) is 19.1 Å². The van der Waals surface area contributed by atoms with Gasteiger partial charge in [-0.3, -0.25) is 9.59 Å². The number of amides is 4. The Morgan fingerprint density at radius 3 is 1.39 bits per heavy atom. The van der Waals surface area contributed by atoms with Crippen molar-refractivity contribution in [2.75, 3.05) is 32.2 Å². The van der Waals surface area contributed by atoms with Gasteiger partial charge in [0.05, 0.1) is 62.2 Å². The van der Waals surface area contributed by atoms with Crippen molar-refractivity contribution in [1.29, 1.82) is 0 Å². The van der Waals surface area contributed by atoms with Crippen LogP contribution in [0.4, 0.5) is 19.7 Å². The maximum absolute atomic E-state index is 14.3. The van der Waals surface area contributed by atoms with Gasteiger partial charge in [-0.15, -0.1) is 0 Å². The quantitative estimate of drug-likeness (QED) is 0.0900. The molecule has 2 aromatic heterocycles. The van der Waals surface area contributed by atoms with E-state index in [0.717, 1.165) is 77.9 Å². The lowest BCUT2D eigenvalue weighted by molar-refractivity contribution is -0.136. The molecule has 3 aliphatic rings. The second kappa shape index (κ2) is 19.8. The van der Waals surface area contributed by atoms with Gasteiger partial charge in [-0.2, -0.15) is 0 Å². The number of imidazole rings is 2. The average molecular weight is 902 g/mol. The molecule has 0 radical (unpaired) electrons. The minimum absolute atomic E-state index is 0.0300. The zero-order chi connectivity index (χ0) is 46.6. The lowest BCUT2D eigenvalue weighted by Crippen LogP contribution is -2.51. The first-order chi connectivity index (χ1) is 31.8. The summed E-state index contributed by atoms with van der Waals surface area (Å²) in [5, 5.41) is 5.41. The Morgan fingerprint density at radius 1 is 0.606 bits per heavy atom. The van der Waals surface area contributed by atoms with E-state index in [1.54, 1.807) is 9.80 Å². The van der Waals surface area contributed by atoms with E-state index in [-0.39, 0.29) is 53.6 Å². The van der Waals surface area contributed by atoms with Crippen molar-refractivity contribution in [2.24, 2.45) is 11.8 Å². The van der Waals surface area contributed by atoms with E-state index in [1.165, 1.54) is 26.4 Å². The number of carbonyl (C=O) groups is 4. The van der Waals surface area contributed by atoms with Crippen molar-refractivity contribution in [3.05, 3.63) is 114 Å². The third-order valence-corrected chi connectivity index (χ3v) is 13.4. The van der Waals surface area contributed by atoms with Gasteiger partial charge in [0.2, 0.25) is 11.8 Å². The smallest absolute Gasteiger partial charge is 0.407 e. The van der Waals surface area contributed by atoms with E-state index in [1.807, 2.05) is 52.2 Å². The van der Waals surface area contributed by atoms with Crippen LogP contribution < -0.4 is 15.5 Å². The highest BCUT2D eigenvalue weighted by Gasteiger charge is 2.40. The number of hydrogen-bond donors (Lipinski definition) is 4. The Hall–Kier alpha value is -6.71. The van der Waals surface area contributed by atoms with Gasteiger partial charge in [-0.1, -0.05) is 76.2 Å². The molecule has 5 aromatic rings. The van der Waals surface area contributed by atoms with Crippen LogP contribution in [0.3, 0.4) is 0 Å². The number of halogens is 1. The summed E-state index contributed by atoms with van der Waals surface area (Å²) in [6.45, 7) is 8.74. The van der Waals surface area contributed by atoms with Crippen molar-refractivity contribution >= 4 is 29.7 Å². The van der Waals surface area contributed by atoms with Crippen LogP contribution in [0.2, 0.25) is 0 Å². The number of likely N-dealkylation sites (tertiary alicyclic amines) is 2.